The van der Waals surface area contributed by atoms with Crippen LogP contribution in [0.15, 0.2) is 24.3 Å². The Morgan fingerprint density at radius 2 is 1.59 bits per heavy atom. The van der Waals surface area contributed by atoms with Crippen molar-refractivity contribution in [2.75, 3.05) is 39.3 Å². The van der Waals surface area contributed by atoms with Gasteiger partial charge in [-0.05, 0) is 44.9 Å². The molecule has 1 N–H and O–H groups in total. The van der Waals surface area contributed by atoms with Crippen molar-refractivity contribution in [2.24, 2.45) is 0 Å². The van der Waals surface area contributed by atoms with E-state index in [-0.39, 0.29) is 23.3 Å². The number of halogens is 1. The molecule has 7 heteroatoms. The summed E-state index contributed by atoms with van der Waals surface area (Å²) in [6.45, 7) is 13.0. The lowest BCUT2D eigenvalue weighted by Crippen LogP contribution is -2.52. The first-order chi connectivity index (χ1) is 16.2. The van der Waals surface area contributed by atoms with Crippen LogP contribution >= 0.6 is 0 Å². The largest absolute Gasteiger partial charge is 0.340 e. The number of nitrogens with one attached hydrogen (secondary N) is 1. The third-order valence-corrected chi connectivity index (χ3v) is 6.21. The zero-order valence-corrected chi connectivity index (χ0v) is 21.7. The van der Waals surface area contributed by atoms with E-state index in [0.717, 1.165) is 51.1 Å². The van der Waals surface area contributed by atoms with E-state index in [4.69, 9.17) is 0 Å². The Balaban J connectivity index is 1.78. The number of hydrogen-bond acceptors (Lipinski definition) is 3. The molecule has 0 bridgehead atoms. The fraction of sp³-hybridized carbons (Fsp3) is 0.704. The van der Waals surface area contributed by atoms with Crippen molar-refractivity contribution < 1.29 is 14.0 Å². The van der Waals surface area contributed by atoms with Crippen molar-refractivity contribution in [3.05, 3.63) is 35.6 Å². The van der Waals surface area contributed by atoms with Crippen LogP contribution in [0.2, 0.25) is 0 Å². The number of hydrogen-bond donors (Lipinski definition) is 1. The zero-order chi connectivity index (χ0) is 25.0. The maximum absolute atomic E-state index is 13.3. The maximum Gasteiger partial charge on any atom is 0.318 e. The number of carbonyl (C=O) groups is 2. The molecule has 0 saturated carbocycles. The van der Waals surface area contributed by atoms with Crippen LogP contribution < -0.4 is 5.32 Å². The molecule has 192 valence electrons. The van der Waals surface area contributed by atoms with Gasteiger partial charge in [0.25, 0.3) is 0 Å². The lowest BCUT2D eigenvalue weighted by atomic mass is 10.1. The van der Waals surface area contributed by atoms with E-state index in [1.807, 2.05) is 25.7 Å². The minimum Gasteiger partial charge on any atom is -0.340 e. The molecular formula is C27H45FN4O2. The van der Waals surface area contributed by atoms with Crippen molar-refractivity contribution in [2.45, 2.75) is 84.7 Å². The van der Waals surface area contributed by atoms with E-state index in [9.17, 15) is 14.0 Å². The second-order valence-corrected chi connectivity index (χ2v) is 10.5. The molecule has 1 heterocycles. The lowest BCUT2D eigenvalue weighted by molar-refractivity contribution is -0.133. The van der Waals surface area contributed by atoms with Gasteiger partial charge in [0.1, 0.15) is 5.82 Å². The van der Waals surface area contributed by atoms with Crippen molar-refractivity contribution >= 4 is 11.9 Å². The molecule has 0 aliphatic carbocycles. The first kappa shape index (κ1) is 28.1. The normalized spacial score (nSPS) is 14.8. The highest BCUT2D eigenvalue weighted by Crippen LogP contribution is 2.12. The Kier molecular flexibility index (Phi) is 11.8. The van der Waals surface area contributed by atoms with E-state index < -0.39 is 0 Å². The minimum atomic E-state index is -0.333. The number of amides is 3. The van der Waals surface area contributed by atoms with Gasteiger partial charge in [0, 0.05) is 57.8 Å². The van der Waals surface area contributed by atoms with Crippen LogP contribution in [0, 0.1) is 5.82 Å². The van der Waals surface area contributed by atoms with Crippen LogP contribution in [0.3, 0.4) is 0 Å². The summed E-state index contributed by atoms with van der Waals surface area (Å²) in [5.41, 5.74) is 0.565. The highest BCUT2D eigenvalue weighted by atomic mass is 19.1. The van der Waals surface area contributed by atoms with Crippen LogP contribution in [-0.2, 0) is 11.3 Å². The number of piperazine rings is 1. The van der Waals surface area contributed by atoms with E-state index in [0.29, 0.717) is 19.5 Å². The summed E-state index contributed by atoms with van der Waals surface area (Å²) in [6, 6.07) is 6.18. The third kappa shape index (κ3) is 10.9. The molecule has 0 atom stereocenters. The van der Waals surface area contributed by atoms with E-state index in [2.05, 4.69) is 17.1 Å². The summed E-state index contributed by atoms with van der Waals surface area (Å²) >= 11 is 0. The summed E-state index contributed by atoms with van der Waals surface area (Å²) in [5.74, 6) is -0.00372. The summed E-state index contributed by atoms with van der Waals surface area (Å²) in [7, 11) is 0. The average Bonchev–Trinajstić information content (AvgIpc) is 2.79. The Labute approximate surface area is 205 Å². The van der Waals surface area contributed by atoms with E-state index in [1.165, 1.54) is 37.8 Å². The molecule has 0 aromatic heterocycles. The average molecular weight is 477 g/mol. The number of benzene rings is 1. The number of unbranched alkanes of at least 4 members (excludes halogenated alkanes) is 5. The molecule has 0 radical (unpaired) electrons. The van der Waals surface area contributed by atoms with Gasteiger partial charge >= 0.3 is 6.03 Å². The monoisotopic (exact) mass is 476 g/mol. The number of rotatable bonds is 12. The Morgan fingerprint density at radius 3 is 2.21 bits per heavy atom. The van der Waals surface area contributed by atoms with Crippen LogP contribution in [0.4, 0.5) is 9.18 Å². The molecule has 1 aromatic carbocycles. The summed E-state index contributed by atoms with van der Waals surface area (Å²) in [6.07, 6.45) is 7.83. The molecule has 1 aromatic rings. The highest BCUT2D eigenvalue weighted by Gasteiger charge is 2.23. The quantitative estimate of drug-likeness (QED) is 0.431. The molecule has 0 spiro atoms. The summed E-state index contributed by atoms with van der Waals surface area (Å²) in [5, 5.41) is 3.04. The molecule has 2 rings (SSSR count). The number of nitrogens with zero attached hydrogens (tertiary/aromatic N) is 3. The fourth-order valence-electron chi connectivity index (χ4n) is 4.16. The topological polar surface area (TPSA) is 55.9 Å². The molecule has 34 heavy (non-hydrogen) atoms. The van der Waals surface area contributed by atoms with Crippen molar-refractivity contribution in [3.63, 3.8) is 0 Å². The number of carbonyl (C=O) groups excluding carboxylic acids is 2. The van der Waals surface area contributed by atoms with Crippen molar-refractivity contribution in [1.82, 2.24) is 20.0 Å². The molecule has 1 aliphatic heterocycles. The van der Waals surface area contributed by atoms with Crippen LogP contribution in [0.1, 0.15) is 78.2 Å². The first-order valence-electron chi connectivity index (χ1n) is 13.0. The van der Waals surface area contributed by atoms with Gasteiger partial charge in [-0.2, -0.15) is 0 Å². The first-order valence-corrected chi connectivity index (χ1v) is 13.0. The van der Waals surface area contributed by atoms with Crippen molar-refractivity contribution in [3.8, 4) is 0 Å². The SMILES string of the molecule is CCCCCCCCC(=O)N1CCN(CCN(Cc2ccc(F)cc2)C(=O)NC(C)(C)C)CC1. The predicted octanol–water partition coefficient (Wildman–Crippen LogP) is 5.03. The van der Waals surface area contributed by atoms with Crippen LogP contribution in [0.5, 0.6) is 0 Å². The minimum absolute atomic E-state index is 0.121. The van der Waals surface area contributed by atoms with Gasteiger partial charge in [-0.1, -0.05) is 51.2 Å². The second kappa shape index (κ2) is 14.3. The van der Waals surface area contributed by atoms with Gasteiger partial charge in [-0.3, -0.25) is 9.69 Å². The molecule has 1 saturated heterocycles. The van der Waals surface area contributed by atoms with Gasteiger partial charge in [-0.15, -0.1) is 0 Å². The molecule has 0 unspecified atom stereocenters. The zero-order valence-electron chi connectivity index (χ0n) is 21.7. The molecular weight excluding hydrogens is 431 g/mol. The van der Waals surface area contributed by atoms with Crippen molar-refractivity contribution in [1.29, 1.82) is 0 Å². The van der Waals surface area contributed by atoms with E-state index in [1.54, 1.807) is 17.0 Å². The maximum atomic E-state index is 13.3. The Hall–Kier alpha value is -2.15. The highest BCUT2D eigenvalue weighted by molar-refractivity contribution is 5.76. The van der Waals surface area contributed by atoms with Gasteiger partial charge in [0.15, 0.2) is 0 Å². The van der Waals surface area contributed by atoms with Crippen LogP contribution in [0.25, 0.3) is 0 Å². The Bertz CT molecular complexity index is 740. The van der Waals surface area contributed by atoms with Gasteiger partial charge in [0.2, 0.25) is 5.91 Å². The third-order valence-electron chi connectivity index (χ3n) is 6.21. The standard InChI is InChI=1S/C27H45FN4O2/c1-5-6-7-8-9-10-11-25(33)31-19-16-30(17-20-31)18-21-32(26(34)29-27(2,3)4)22-23-12-14-24(28)15-13-23/h12-15H,5-11,16-22H2,1-4H3,(H,29,34). The predicted molar refractivity (Wildman–Crippen MR) is 136 cm³/mol. The smallest absolute Gasteiger partial charge is 0.318 e. The summed E-state index contributed by atoms with van der Waals surface area (Å²) < 4.78 is 13.3. The molecule has 1 aliphatic rings. The van der Waals surface area contributed by atoms with Gasteiger partial charge in [-0.25, -0.2) is 9.18 Å². The molecule has 3 amide bonds. The van der Waals surface area contributed by atoms with Gasteiger partial charge in [0.05, 0.1) is 0 Å². The summed E-state index contributed by atoms with van der Waals surface area (Å²) in [4.78, 5) is 31.5. The molecule has 1 fully saturated rings. The Morgan fingerprint density at radius 1 is 0.971 bits per heavy atom. The van der Waals surface area contributed by atoms with Crippen LogP contribution in [-0.4, -0.2) is 71.4 Å². The fourth-order valence-corrected chi connectivity index (χ4v) is 4.16. The number of urea groups is 1. The lowest BCUT2D eigenvalue weighted by Gasteiger charge is -2.36. The van der Waals surface area contributed by atoms with E-state index >= 15 is 0 Å². The van der Waals surface area contributed by atoms with Gasteiger partial charge < -0.3 is 15.1 Å². The second-order valence-electron chi connectivity index (χ2n) is 10.5. The molecule has 6 nitrogen and oxygen atoms in total.